The Morgan fingerprint density at radius 3 is 2.50 bits per heavy atom. The van der Waals surface area contributed by atoms with Gasteiger partial charge in [-0.15, -0.1) is 0 Å². The van der Waals surface area contributed by atoms with Crippen LogP contribution in [0.1, 0.15) is 33.1 Å². The predicted octanol–water partition coefficient (Wildman–Crippen LogP) is 2.03. The van der Waals surface area contributed by atoms with E-state index in [1.165, 1.54) is 0 Å². The van der Waals surface area contributed by atoms with E-state index < -0.39 is 5.60 Å². The highest BCUT2D eigenvalue weighted by Gasteiger charge is 2.37. The summed E-state index contributed by atoms with van der Waals surface area (Å²) in [4.78, 5) is 10.8. The third-order valence-corrected chi connectivity index (χ3v) is 3.28. The molecule has 1 rings (SSSR count). The molecule has 1 aliphatic carbocycles. The molecule has 1 aliphatic rings. The van der Waals surface area contributed by atoms with Crippen LogP contribution in [0.3, 0.4) is 0 Å². The Bertz CT molecular complexity index is 167. The van der Waals surface area contributed by atoms with Crippen LogP contribution in [-0.4, -0.2) is 19.0 Å². The number of hydrogen-bond acceptors (Lipinski definition) is 2. The molecule has 3 unspecified atom stereocenters. The van der Waals surface area contributed by atoms with Crippen LogP contribution in [0.15, 0.2) is 0 Å². The largest absolute Gasteiger partial charge is 0.371 e. The highest BCUT2D eigenvalue weighted by molar-refractivity contribution is 5.62. The molecule has 0 saturated heterocycles. The average Bonchev–Trinajstić information content (AvgIpc) is 2.10. The molecule has 2 heteroatoms. The molecule has 0 aromatic heterocycles. The number of methoxy groups -OCH3 is 1. The zero-order valence-corrected chi connectivity index (χ0v) is 8.17. The maximum atomic E-state index is 10.8. The van der Waals surface area contributed by atoms with E-state index in [1.54, 1.807) is 7.11 Å². The molecule has 0 aromatic rings. The maximum absolute atomic E-state index is 10.8. The van der Waals surface area contributed by atoms with Crippen molar-refractivity contribution in [2.45, 2.75) is 38.7 Å². The van der Waals surface area contributed by atoms with E-state index in [2.05, 4.69) is 13.8 Å². The van der Waals surface area contributed by atoms with Crippen molar-refractivity contribution in [3.05, 3.63) is 0 Å². The summed E-state index contributed by atoms with van der Waals surface area (Å²) in [5.41, 5.74) is -0.466. The van der Waals surface area contributed by atoms with Gasteiger partial charge in [-0.3, -0.25) is 0 Å². The minimum atomic E-state index is -0.466. The molecule has 3 atom stereocenters. The molecular weight excluding hydrogens is 152 g/mol. The van der Waals surface area contributed by atoms with Crippen molar-refractivity contribution in [1.29, 1.82) is 0 Å². The van der Waals surface area contributed by atoms with Gasteiger partial charge in [-0.1, -0.05) is 13.8 Å². The Labute approximate surface area is 74.3 Å². The van der Waals surface area contributed by atoms with Crippen LogP contribution >= 0.6 is 0 Å². The Hall–Kier alpha value is -0.370. The lowest BCUT2D eigenvalue weighted by Crippen LogP contribution is -2.40. The van der Waals surface area contributed by atoms with Crippen molar-refractivity contribution in [1.82, 2.24) is 0 Å². The van der Waals surface area contributed by atoms with Crippen molar-refractivity contribution in [3.8, 4) is 0 Å². The summed E-state index contributed by atoms with van der Waals surface area (Å²) in [5, 5.41) is 0. The number of carbonyl (C=O) groups is 1. The lowest BCUT2D eigenvalue weighted by molar-refractivity contribution is -0.135. The van der Waals surface area contributed by atoms with E-state index in [0.717, 1.165) is 31.5 Å². The van der Waals surface area contributed by atoms with Gasteiger partial charge in [0.05, 0.1) is 0 Å². The van der Waals surface area contributed by atoms with E-state index in [0.29, 0.717) is 5.92 Å². The van der Waals surface area contributed by atoms with Crippen LogP contribution in [-0.2, 0) is 9.53 Å². The first kappa shape index (κ1) is 9.72. The van der Waals surface area contributed by atoms with Crippen LogP contribution in [0, 0.1) is 11.8 Å². The van der Waals surface area contributed by atoms with Crippen LogP contribution in [0.25, 0.3) is 0 Å². The Morgan fingerprint density at radius 2 is 2.08 bits per heavy atom. The van der Waals surface area contributed by atoms with Crippen molar-refractivity contribution < 1.29 is 9.53 Å². The molecule has 0 radical (unpaired) electrons. The molecule has 0 spiro atoms. The monoisotopic (exact) mass is 170 g/mol. The lowest BCUT2D eigenvalue weighted by atomic mass is 9.74. The fourth-order valence-corrected chi connectivity index (χ4v) is 1.95. The molecule has 2 nitrogen and oxygen atoms in total. The summed E-state index contributed by atoms with van der Waals surface area (Å²) >= 11 is 0. The van der Waals surface area contributed by atoms with Crippen molar-refractivity contribution >= 4 is 6.29 Å². The van der Waals surface area contributed by atoms with Gasteiger partial charge in [0.25, 0.3) is 0 Å². The van der Waals surface area contributed by atoms with Gasteiger partial charge in [0.2, 0.25) is 0 Å². The summed E-state index contributed by atoms with van der Waals surface area (Å²) in [6.07, 6.45) is 3.86. The molecule has 1 fully saturated rings. The Balaban J connectivity index is 2.64. The van der Waals surface area contributed by atoms with E-state index in [-0.39, 0.29) is 0 Å². The quantitative estimate of drug-likeness (QED) is 0.593. The van der Waals surface area contributed by atoms with Crippen LogP contribution < -0.4 is 0 Å². The van der Waals surface area contributed by atoms with Crippen molar-refractivity contribution in [2.75, 3.05) is 7.11 Å². The number of hydrogen-bond donors (Lipinski definition) is 0. The van der Waals surface area contributed by atoms with Crippen molar-refractivity contribution in [3.63, 3.8) is 0 Å². The summed E-state index contributed by atoms with van der Waals surface area (Å²) in [5.74, 6) is 1.33. The summed E-state index contributed by atoms with van der Waals surface area (Å²) in [6.45, 7) is 4.44. The lowest BCUT2D eigenvalue weighted by Gasteiger charge is -2.37. The second kappa shape index (κ2) is 3.56. The van der Waals surface area contributed by atoms with Gasteiger partial charge >= 0.3 is 0 Å². The van der Waals surface area contributed by atoms with E-state index >= 15 is 0 Å². The molecule has 70 valence electrons. The SMILES string of the molecule is COC1(C=O)CCC(C)C(C)C1. The second-order valence-electron chi connectivity index (χ2n) is 4.08. The number of rotatable bonds is 2. The molecule has 0 amide bonds. The summed E-state index contributed by atoms with van der Waals surface area (Å²) in [6, 6.07) is 0. The normalized spacial score (nSPS) is 42.6. The van der Waals surface area contributed by atoms with Crippen LogP contribution in [0.2, 0.25) is 0 Å². The summed E-state index contributed by atoms with van der Waals surface area (Å²) < 4.78 is 5.28. The van der Waals surface area contributed by atoms with Gasteiger partial charge in [0.1, 0.15) is 5.60 Å². The average molecular weight is 170 g/mol. The number of carbonyl (C=O) groups excluding carboxylic acids is 1. The minimum absolute atomic E-state index is 0.466. The van der Waals surface area contributed by atoms with Gasteiger partial charge in [-0.2, -0.15) is 0 Å². The third kappa shape index (κ3) is 1.69. The molecule has 0 N–H and O–H groups in total. The highest BCUT2D eigenvalue weighted by Crippen LogP contribution is 2.36. The standard InChI is InChI=1S/C10H18O2/c1-8-4-5-10(7-11,12-3)6-9(8)2/h7-9H,4-6H2,1-3H3. The van der Waals surface area contributed by atoms with Crippen LogP contribution in [0.4, 0.5) is 0 Å². The third-order valence-electron chi connectivity index (χ3n) is 3.28. The van der Waals surface area contributed by atoms with E-state index in [1.807, 2.05) is 0 Å². The van der Waals surface area contributed by atoms with Gasteiger partial charge in [-0.05, 0) is 31.1 Å². The minimum Gasteiger partial charge on any atom is -0.371 e. The van der Waals surface area contributed by atoms with E-state index in [9.17, 15) is 4.79 Å². The molecular formula is C10H18O2. The van der Waals surface area contributed by atoms with Gasteiger partial charge < -0.3 is 9.53 Å². The molecule has 0 heterocycles. The summed E-state index contributed by atoms with van der Waals surface area (Å²) in [7, 11) is 1.64. The predicted molar refractivity (Wildman–Crippen MR) is 48.0 cm³/mol. The van der Waals surface area contributed by atoms with Crippen molar-refractivity contribution in [2.24, 2.45) is 11.8 Å². The fourth-order valence-electron chi connectivity index (χ4n) is 1.95. The van der Waals surface area contributed by atoms with Gasteiger partial charge in [0, 0.05) is 7.11 Å². The van der Waals surface area contributed by atoms with Gasteiger partial charge in [-0.25, -0.2) is 0 Å². The number of ether oxygens (including phenoxy) is 1. The Kier molecular flexibility index (Phi) is 2.89. The molecule has 0 bridgehead atoms. The second-order valence-corrected chi connectivity index (χ2v) is 4.08. The first-order valence-corrected chi connectivity index (χ1v) is 4.65. The zero-order valence-electron chi connectivity index (χ0n) is 8.17. The fraction of sp³-hybridized carbons (Fsp3) is 0.900. The van der Waals surface area contributed by atoms with E-state index in [4.69, 9.17) is 4.74 Å². The smallest absolute Gasteiger partial charge is 0.151 e. The topological polar surface area (TPSA) is 26.3 Å². The molecule has 0 aromatic carbocycles. The maximum Gasteiger partial charge on any atom is 0.151 e. The molecule has 12 heavy (non-hydrogen) atoms. The number of aldehydes is 1. The first-order valence-electron chi connectivity index (χ1n) is 4.65. The molecule has 0 aliphatic heterocycles. The van der Waals surface area contributed by atoms with Gasteiger partial charge in [0.15, 0.2) is 6.29 Å². The first-order chi connectivity index (χ1) is 5.63. The van der Waals surface area contributed by atoms with Crippen LogP contribution in [0.5, 0.6) is 0 Å². The zero-order chi connectivity index (χ0) is 9.19. The molecule has 1 saturated carbocycles. The highest BCUT2D eigenvalue weighted by atomic mass is 16.5. The Morgan fingerprint density at radius 1 is 1.42 bits per heavy atom.